The molecular formula is C20H19FN6O3S. The average Bonchev–Trinajstić information content (AvgIpc) is 3.11. The molecule has 0 fully saturated rings. The van der Waals surface area contributed by atoms with E-state index in [2.05, 4.69) is 25.5 Å². The van der Waals surface area contributed by atoms with Gasteiger partial charge in [-0.1, -0.05) is 26.0 Å². The summed E-state index contributed by atoms with van der Waals surface area (Å²) in [6.45, 7) is 4.27. The van der Waals surface area contributed by atoms with Gasteiger partial charge in [-0.25, -0.2) is 12.8 Å². The van der Waals surface area contributed by atoms with Crippen molar-refractivity contribution in [1.29, 1.82) is 0 Å². The SMILES string of the molecule is CCN(CC)S(=O)(=O)c1ccc2[nH]c3nc(NC(=O)c4ccccc4F)nnc3c2c1. The van der Waals surface area contributed by atoms with Gasteiger partial charge in [0.05, 0.1) is 10.5 Å². The molecule has 0 saturated carbocycles. The first-order valence-corrected chi connectivity index (χ1v) is 11.0. The number of amides is 1. The average molecular weight is 442 g/mol. The Hall–Kier alpha value is -3.44. The second kappa shape index (κ2) is 8.00. The normalized spacial score (nSPS) is 12.0. The number of aromatic amines is 1. The van der Waals surface area contributed by atoms with Gasteiger partial charge < -0.3 is 4.98 Å². The summed E-state index contributed by atoms with van der Waals surface area (Å²) >= 11 is 0. The number of benzene rings is 2. The number of nitrogens with one attached hydrogen (secondary N) is 2. The van der Waals surface area contributed by atoms with E-state index in [0.29, 0.717) is 35.2 Å². The summed E-state index contributed by atoms with van der Waals surface area (Å²) in [6, 6.07) is 10.2. The summed E-state index contributed by atoms with van der Waals surface area (Å²) in [5.41, 5.74) is 1.14. The maximum atomic E-state index is 13.8. The predicted molar refractivity (Wildman–Crippen MR) is 114 cm³/mol. The number of nitrogens with zero attached hydrogens (tertiary/aromatic N) is 4. The number of hydrogen-bond donors (Lipinski definition) is 2. The van der Waals surface area contributed by atoms with Crippen molar-refractivity contribution < 1.29 is 17.6 Å². The molecular weight excluding hydrogens is 423 g/mol. The van der Waals surface area contributed by atoms with Crippen LogP contribution in [0.4, 0.5) is 10.3 Å². The summed E-state index contributed by atoms with van der Waals surface area (Å²) in [5, 5.41) is 10.9. The summed E-state index contributed by atoms with van der Waals surface area (Å²) in [4.78, 5) is 19.7. The van der Waals surface area contributed by atoms with E-state index in [4.69, 9.17) is 0 Å². The minimum atomic E-state index is -3.64. The number of hydrogen-bond acceptors (Lipinski definition) is 6. The third-order valence-corrected chi connectivity index (χ3v) is 6.92. The highest BCUT2D eigenvalue weighted by Gasteiger charge is 2.23. The summed E-state index contributed by atoms with van der Waals surface area (Å²) in [5.74, 6) is -1.48. The molecule has 160 valence electrons. The maximum Gasteiger partial charge on any atom is 0.261 e. The Morgan fingerprint density at radius 2 is 1.87 bits per heavy atom. The number of fused-ring (bicyclic) bond motifs is 3. The van der Waals surface area contributed by atoms with Crippen LogP contribution in [-0.4, -0.2) is 51.9 Å². The zero-order valence-corrected chi connectivity index (χ0v) is 17.6. The standard InChI is InChI=1S/C20H19FN6O3S/c1-3-27(4-2)31(29,30)12-9-10-16-14(11-12)17-18(22-16)23-20(26-25-17)24-19(28)13-7-5-6-8-15(13)21/h5-11H,3-4H2,1-2H3,(H2,22,23,24,26,28). The Morgan fingerprint density at radius 1 is 1.13 bits per heavy atom. The van der Waals surface area contributed by atoms with Gasteiger partial charge in [-0.05, 0) is 30.3 Å². The Kier molecular flexibility index (Phi) is 5.38. The number of halogens is 1. The van der Waals surface area contributed by atoms with Crippen molar-refractivity contribution in [3.8, 4) is 0 Å². The molecule has 31 heavy (non-hydrogen) atoms. The van der Waals surface area contributed by atoms with Crippen LogP contribution in [-0.2, 0) is 10.0 Å². The zero-order chi connectivity index (χ0) is 22.2. The fraction of sp³-hybridized carbons (Fsp3) is 0.200. The molecule has 0 aliphatic heterocycles. The van der Waals surface area contributed by atoms with Gasteiger partial charge in [0.2, 0.25) is 10.0 Å². The minimum Gasteiger partial charge on any atom is -0.338 e. The van der Waals surface area contributed by atoms with E-state index in [1.807, 2.05) is 0 Å². The number of carbonyl (C=O) groups excluding carboxylic acids is 1. The second-order valence-corrected chi connectivity index (χ2v) is 8.63. The maximum absolute atomic E-state index is 13.8. The van der Waals surface area contributed by atoms with Crippen molar-refractivity contribution in [2.24, 2.45) is 0 Å². The van der Waals surface area contributed by atoms with Gasteiger partial charge >= 0.3 is 0 Å². The number of H-pyrrole nitrogens is 1. The molecule has 0 radical (unpaired) electrons. The lowest BCUT2D eigenvalue weighted by molar-refractivity contribution is 0.102. The van der Waals surface area contributed by atoms with E-state index >= 15 is 0 Å². The van der Waals surface area contributed by atoms with E-state index in [9.17, 15) is 17.6 Å². The lowest BCUT2D eigenvalue weighted by atomic mass is 10.2. The quantitative estimate of drug-likeness (QED) is 0.474. The number of anilines is 1. The van der Waals surface area contributed by atoms with E-state index in [1.54, 1.807) is 26.0 Å². The molecule has 0 atom stereocenters. The third kappa shape index (κ3) is 3.73. The highest BCUT2D eigenvalue weighted by Crippen LogP contribution is 2.27. The molecule has 2 aromatic heterocycles. The molecule has 0 saturated heterocycles. The molecule has 0 aliphatic rings. The van der Waals surface area contributed by atoms with E-state index in [1.165, 1.54) is 34.6 Å². The van der Waals surface area contributed by atoms with Gasteiger partial charge in [0, 0.05) is 24.0 Å². The van der Waals surface area contributed by atoms with Crippen LogP contribution in [0.25, 0.3) is 22.1 Å². The van der Waals surface area contributed by atoms with E-state index in [0.717, 1.165) is 0 Å². The molecule has 2 aromatic carbocycles. The van der Waals surface area contributed by atoms with Gasteiger partial charge in [0.15, 0.2) is 5.65 Å². The molecule has 0 unspecified atom stereocenters. The lowest BCUT2D eigenvalue weighted by Gasteiger charge is -2.18. The fourth-order valence-electron chi connectivity index (χ4n) is 3.29. The van der Waals surface area contributed by atoms with Crippen molar-refractivity contribution in [2.45, 2.75) is 18.7 Å². The molecule has 0 aliphatic carbocycles. The minimum absolute atomic E-state index is 0.108. The number of sulfonamides is 1. The molecule has 2 heterocycles. The lowest BCUT2D eigenvalue weighted by Crippen LogP contribution is -2.30. The smallest absolute Gasteiger partial charge is 0.261 e. The number of aromatic nitrogens is 4. The van der Waals surface area contributed by atoms with E-state index in [-0.39, 0.29) is 16.4 Å². The molecule has 11 heteroatoms. The van der Waals surface area contributed by atoms with Crippen LogP contribution in [0, 0.1) is 5.82 Å². The first-order chi connectivity index (χ1) is 14.8. The van der Waals surface area contributed by atoms with Crippen LogP contribution < -0.4 is 5.32 Å². The monoisotopic (exact) mass is 442 g/mol. The van der Waals surface area contributed by atoms with Crippen LogP contribution in [0.1, 0.15) is 24.2 Å². The highest BCUT2D eigenvalue weighted by molar-refractivity contribution is 7.89. The van der Waals surface area contributed by atoms with Gasteiger partial charge in [-0.2, -0.15) is 9.29 Å². The molecule has 2 N–H and O–H groups in total. The molecule has 9 nitrogen and oxygen atoms in total. The summed E-state index contributed by atoms with van der Waals surface area (Å²) in [6.07, 6.45) is 0. The Labute approximate surface area is 177 Å². The topological polar surface area (TPSA) is 121 Å². The zero-order valence-electron chi connectivity index (χ0n) is 16.8. The Balaban J connectivity index is 1.71. The van der Waals surface area contributed by atoms with Gasteiger partial charge in [0.25, 0.3) is 11.9 Å². The summed E-state index contributed by atoms with van der Waals surface area (Å²) in [7, 11) is -3.64. The first-order valence-electron chi connectivity index (χ1n) is 9.57. The van der Waals surface area contributed by atoms with Gasteiger partial charge in [-0.3, -0.25) is 10.1 Å². The first kappa shape index (κ1) is 20.8. The van der Waals surface area contributed by atoms with Crippen LogP contribution in [0.2, 0.25) is 0 Å². The van der Waals surface area contributed by atoms with Crippen LogP contribution >= 0.6 is 0 Å². The molecule has 0 spiro atoms. The van der Waals surface area contributed by atoms with Crippen LogP contribution in [0.3, 0.4) is 0 Å². The Bertz CT molecular complexity index is 1400. The molecule has 4 aromatic rings. The van der Waals surface area contributed by atoms with Crippen molar-refractivity contribution >= 4 is 43.9 Å². The van der Waals surface area contributed by atoms with Crippen LogP contribution in [0.15, 0.2) is 47.4 Å². The molecule has 1 amide bonds. The fourth-order valence-corrected chi connectivity index (χ4v) is 4.78. The largest absolute Gasteiger partial charge is 0.338 e. The third-order valence-electron chi connectivity index (χ3n) is 4.87. The van der Waals surface area contributed by atoms with Gasteiger partial charge in [0.1, 0.15) is 11.3 Å². The van der Waals surface area contributed by atoms with Crippen molar-refractivity contribution in [3.63, 3.8) is 0 Å². The van der Waals surface area contributed by atoms with Crippen LogP contribution in [0.5, 0.6) is 0 Å². The van der Waals surface area contributed by atoms with E-state index < -0.39 is 21.7 Å². The molecule has 0 bridgehead atoms. The Morgan fingerprint density at radius 3 is 2.58 bits per heavy atom. The summed E-state index contributed by atoms with van der Waals surface area (Å²) < 4.78 is 40.8. The van der Waals surface area contributed by atoms with Crippen molar-refractivity contribution in [1.82, 2.24) is 24.5 Å². The van der Waals surface area contributed by atoms with Gasteiger partial charge in [-0.15, -0.1) is 10.2 Å². The van der Waals surface area contributed by atoms with Crippen molar-refractivity contribution in [3.05, 3.63) is 53.8 Å². The molecule has 4 rings (SSSR count). The number of carbonyl (C=O) groups is 1. The predicted octanol–water partition coefficient (Wildman–Crippen LogP) is 2.93. The van der Waals surface area contributed by atoms with Crippen molar-refractivity contribution in [2.75, 3.05) is 18.4 Å². The number of rotatable bonds is 6. The highest BCUT2D eigenvalue weighted by atomic mass is 32.2. The second-order valence-electron chi connectivity index (χ2n) is 6.69.